The fraction of sp³-hybridized carbons (Fsp3) is 0.692. The van der Waals surface area contributed by atoms with E-state index in [1.165, 1.54) is 42.1 Å². The molecule has 3 heteroatoms. The monoisotopic (exact) mass is 238 g/mol. The van der Waals surface area contributed by atoms with Crippen molar-refractivity contribution in [2.45, 2.75) is 39.3 Å². The van der Waals surface area contributed by atoms with E-state index in [-0.39, 0.29) is 0 Å². The van der Waals surface area contributed by atoms with Crippen molar-refractivity contribution in [2.75, 3.05) is 13.1 Å². The first-order valence-electron chi connectivity index (χ1n) is 6.31. The highest BCUT2D eigenvalue weighted by molar-refractivity contribution is 7.11. The van der Waals surface area contributed by atoms with Crippen LogP contribution in [0.5, 0.6) is 0 Å². The minimum atomic E-state index is 0.683. The van der Waals surface area contributed by atoms with Crippen LogP contribution < -0.4 is 5.73 Å². The molecule has 0 aliphatic carbocycles. The van der Waals surface area contributed by atoms with E-state index in [0.29, 0.717) is 6.54 Å². The van der Waals surface area contributed by atoms with Gasteiger partial charge in [-0.2, -0.15) is 0 Å². The Balaban J connectivity index is 1.88. The summed E-state index contributed by atoms with van der Waals surface area (Å²) in [4.78, 5) is 5.38. The average Bonchev–Trinajstić information content (AvgIpc) is 2.77. The second-order valence-corrected chi connectivity index (χ2v) is 5.98. The van der Waals surface area contributed by atoms with Crippen molar-refractivity contribution in [1.82, 2.24) is 4.90 Å². The molecule has 1 atom stereocenters. The molecule has 0 spiro atoms. The minimum absolute atomic E-state index is 0.683. The molecule has 1 aromatic rings. The van der Waals surface area contributed by atoms with Crippen LogP contribution in [-0.4, -0.2) is 18.0 Å². The molecule has 1 aromatic heterocycles. The third kappa shape index (κ3) is 3.06. The van der Waals surface area contributed by atoms with Crippen molar-refractivity contribution in [3.8, 4) is 0 Å². The first kappa shape index (κ1) is 12.1. The molecule has 2 N–H and O–H groups in total. The van der Waals surface area contributed by atoms with Crippen LogP contribution in [-0.2, 0) is 13.1 Å². The number of likely N-dealkylation sites (tertiary alicyclic amines) is 1. The van der Waals surface area contributed by atoms with E-state index in [1.54, 1.807) is 0 Å². The number of hydrogen-bond donors (Lipinski definition) is 1. The van der Waals surface area contributed by atoms with Crippen molar-refractivity contribution in [1.29, 1.82) is 0 Å². The van der Waals surface area contributed by atoms with E-state index in [0.717, 1.165) is 12.5 Å². The molecule has 1 aliphatic heterocycles. The molecule has 2 nitrogen and oxygen atoms in total. The summed E-state index contributed by atoms with van der Waals surface area (Å²) >= 11 is 1.87. The van der Waals surface area contributed by atoms with Gasteiger partial charge in [-0.3, -0.25) is 4.90 Å². The average molecular weight is 238 g/mol. The standard InChI is InChI=1S/C13H22N2S/c1-2-11-4-3-7-15(9-11)10-13-6-5-12(8-14)16-13/h5-6,11H,2-4,7-10,14H2,1H3. The predicted molar refractivity (Wildman–Crippen MR) is 70.5 cm³/mol. The van der Waals surface area contributed by atoms with E-state index in [1.807, 2.05) is 11.3 Å². The lowest BCUT2D eigenvalue weighted by molar-refractivity contribution is 0.166. The molecular weight excluding hydrogens is 216 g/mol. The molecule has 0 aromatic carbocycles. The van der Waals surface area contributed by atoms with Crippen LogP contribution >= 0.6 is 11.3 Å². The Bertz CT molecular complexity index is 321. The number of thiophene rings is 1. The van der Waals surface area contributed by atoms with Gasteiger partial charge in [-0.05, 0) is 37.4 Å². The zero-order valence-corrected chi connectivity index (χ0v) is 10.9. The molecule has 0 bridgehead atoms. The van der Waals surface area contributed by atoms with Crippen molar-refractivity contribution in [3.63, 3.8) is 0 Å². The van der Waals surface area contributed by atoms with Crippen molar-refractivity contribution >= 4 is 11.3 Å². The van der Waals surface area contributed by atoms with Crippen LogP contribution in [0.4, 0.5) is 0 Å². The first-order valence-corrected chi connectivity index (χ1v) is 7.13. The van der Waals surface area contributed by atoms with Crippen LogP contribution in [0.2, 0.25) is 0 Å². The Kier molecular flexibility index (Phi) is 4.38. The summed E-state index contributed by atoms with van der Waals surface area (Å²) in [5.41, 5.74) is 5.64. The molecular formula is C13H22N2S. The third-order valence-electron chi connectivity index (χ3n) is 3.48. The van der Waals surface area contributed by atoms with Gasteiger partial charge in [0.25, 0.3) is 0 Å². The largest absolute Gasteiger partial charge is 0.326 e. The van der Waals surface area contributed by atoms with E-state index >= 15 is 0 Å². The quantitative estimate of drug-likeness (QED) is 0.874. The highest BCUT2D eigenvalue weighted by Crippen LogP contribution is 2.23. The van der Waals surface area contributed by atoms with Crippen molar-refractivity contribution in [3.05, 3.63) is 21.9 Å². The highest BCUT2D eigenvalue weighted by Gasteiger charge is 2.18. The zero-order valence-electron chi connectivity index (χ0n) is 10.1. The van der Waals surface area contributed by atoms with Gasteiger partial charge in [0.1, 0.15) is 0 Å². The molecule has 1 saturated heterocycles. The zero-order chi connectivity index (χ0) is 11.4. The summed E-state index contributed by atoms with van der Waals surface area (Å²) in [6.45, 7) is 6.67. The van der Waals surface area contributed by atoms with E-state index in [9.17, 15) is 0 Å². The van der Waals surface area contributed by atoms with Gasteiger partial charge in [-0.1, -0.05) is 13.3 Å². The van der Waals surface area contributed by atoms with Crippen LogP contribution in [0.1, 0.15) is 35.9 Å². The molecule has 90 valence electrons. The Morgan fingerprint density at radius 1 is 1.44 bits per heavy atom. The minimum Gasteiger partial charge on any atom is -0.326 e. The number of nitrogens with two attached hydrogens (primary N) is 1. The molecule has 2 rings (SSSR count). The summed E-state index contributed by atoms with van der Waals surface area (Å²) in [6.07, 6.45) is 4.12. The lowest BCUT2D eigenvalue weighted by atomic mass is 9.96. The second kappa shape index (κ2) is 5.80. The van der Waals surface area contributed by atoms with Gasteiger partial charge in [0.05, 0.1) is 0 Å². The van der Waals surface area contributed by atoms with Gasteiger partial charge in [0.2, 0.25) is 0 Å². The van der Waals surface area contributed by atoms with Gasteiger partial charge in [-0.15, -0.1) is 11.3 Å². The topological polar surface area (TPSA) is 29.3 Å². The van der Waals surface area contributed by atoms with Gasteiger partial charge < -0.3 is 5.73 Å². The van der Waals surface area contributed by atoms with Gasteiger partial charge in [0.15, 0.2) is 0 Å². The Morgan fingerprint density at radius 2 is 2.25 bits per heavy atom. The Labute approximate surface area is 102 Å². The van der Waals surface area contributed by atoms with Gasteiger partial charge >= 0.3 is 0 Å². The number of nitrogens with zero attached hydrogens (tertiary/aromatic N) is 1. The number of rotatable bonds is 4. The smallest absolute Gasteiger partial charge is 0.0328 e. The summed E-state index contributed by atoms with van der Waals surface area (Å²) < 4.78 is 0. The fourth-order valence-electron chi connectivity index (χ4n) is 2.47. The van der Waals surface area contributed by atoms with Crippen molar-refractivity contribution in [2.24, 2.45) is 11.7 Å². The molecule has 0 radical (unpaired) electrons. The lowest BCUT2D eigenvalue weighted by Gasteiger charge is -2.31. The summed E-state index contributed by atoms with van der Waals surface area (Å²) in [5.74, 6) is 0.919. The summed E-state index contributed by atoms with van der Waals surface area (Å²) in [6, 6.07) is 4.41. The SMILES string of the molecule is CCC1CCCN(Cc2ccc(CN)s2)C1. The van der Waals surface area contributed by atoms with Gasteiger partial charge in [0, 0.05) is 29.4 Å². The maximum Gasteiger partial charge on any atom is 0.0328 e. The normalized spacial score (nSPS) is 22.5. The van der Waals surface area contributed by atoms with Crippen LogP contribution in [0.25, 0.3) is 0 Å². The second-order valence-electron chi connectivity index (χ2n) is 4.72. The first-order chi connectivity index (χ1) is 7.81. The molecule has 16 heavy (non-hydrogen) atoms. The molecule has 1 aliphatic rings. The maximum atomic E-state index is 5.64. The Hall–Kier alpha value is -0.380. The van der Waals surface area contributed by atoms with Crippen LogP contribution in [0.3, 0.4) is 0 Å². The summed E-state index contributed by atoms with van der Waals surface area (Å²) in [7, 11) is 0. The van der Waals surface area contributed by atoms with E-state index in [4.69, 9.17) is 5.73 Å². The molecule has 0 saturated carbocycles. The molecule has 0 amide bonds. The Morgan fingerprint density at radius 3 is 2.94 bits per heavy atom. The summed E-state index contributed by atoms with van der Waals surface area (Å²) in [5, 5.41) is 0. The van der Waals surface area contributed by atoms with E-state index < -0.39 is 0 Å². The predicted octanol–water partition coefficient (Wildman–Crippen LogP) is 2.83. The molecule has 1 fully saturated rings. The van der Waals surface area contributed by atoms with Gasteiger partial charge in [-0.25, -0.2) is 0 Å². The third-order valence-corrected chi connectivity index (χ3v) is 4.57. The highest BCUT2D eigenvalue weighted by atomic mass is 32.1. The van der Waals surface area contributed by atoms with Crippen LogP contribution in [0, 0.1) is 5.92 Å². The fourth-order valence-corrected chi connectivity index (χ4v) is 3.40. The van der Waals surface area contributed by atoms with E-state index in [2.05, 4.69) is 24.0 Å². The maximum absolute atomic E-state index is 5.64. The van der Waals surface area contributed by atoms with Crippen molar-refractivity contribution < 1.29 is 0 Å². The number of piperidine rings is 1. The molecule has 1 unspecified atom stereocenters. The molecule has 2 heterocycles. The lowest BCUT2D eigenvalue weighted by Crippen LogP contribution is -2.34. The number of hydrogen-bond acceptors (Lipinski definition) is 3. The van der Waals surface area contributed by atoms with Crippen LogP contribution in [0.15, 0.2) is 12.1 Å².